The lowest BCUT2D eigenvalue weighted by molar-refractivity contribution is -0.143. The SMILES string of the molecule is CCOC(=O)CCNC1COc2c1ccc(OC)c2OC. The Labute approximate surface area is 124 Å². The van der Waals surface area contributed by atoms with Crippen LogP contribution in [-0.4, -0.2) is 39.9 Å². The Hall–Kier alpha value is -1.95. The van der Waals surface area contributed by atoms with Crippen molar-refractivity contribution in [3.63, 3.8) is 0 Å². The highest BCUT2D eigenvalue weighted by Crippen LogP contribution is 2.45. The van der Waals surface area contributed by atoms with Crippen LogP contribution in [0, 0.1) is 0 Å². The maximum Gasteiger partial charge on any atom is 0.307 e. The number of fused-ring (bicyclic) bond motifs is 1. The van der Waals surface area contributed by atoms with Crippen LogP contribution in [0.15, 0.2) is 12.1 Å². The van der Waals surface area contributed by atoms with Gasteiger partial charge in [-0.1, -0.05) is 0 Å². The van der Waals surface area contributed by atoms with Crippen LogP contribution in [0.3, 0.4) is 0 Å². The van der Waals surface area contributed by atoms with E-state index in [0.29, 0.717) is 43.4 Å². The number of hydrogen-bond donors (Lipinski definition) is 1. The van der Waals surface area contributed by atoms with Gasteiger partial charge < -0.3 is 24.3 Å². The zero-order valence-electron chi connectivity index (χ0n) is 12.6. The average molecular weight is 295 g/mol. The van der Waals surface area contributed by atoms with Crippen LogP contribution in [0.1, 0.15) is 24.9 Å². The number of rotatable bonds is 7. The number of methoxy groups -OCH3 is 2. The molecule has 0 amide bonds. The fourth-order valence-electron chi connectivity index (χ4n) is 2.34. The fourth-order valence-corrected chi connectivity index (χ4v) is 2.34. The van der Waals surface area contributed by atoms with Gasteiger partial charge >= 0.3 is 5.97 Å². The molecule has 1 aliphatic rings. The van der Waals surface area contributed by atoms with Crippen molar-refractivity contribution < 1.29 is 23.7 Å². The summed E-state index contributed by atoms with van der Waals surface area (Å²) in [5.41, 5.74) is 1.01. The summed E-state index contributed by atoms with van der Waals surface area (Å²) in [6.45, 7) is 3.25. The lowest BCUT2D eigenvalue weighted by atomic mass is 10.1. The van der Waals surface area contributed by atoms with Crippen molar-refractivity contribution in [2.75, 3.05) is 34.0 Å². The minimum absolute atomic E-state index is 0.0363. The zero-order chi connectivity index (χ0) is 15.2. The van der Waals surface area contributed by atoms with Gasteiger partial charge in [-0.25, -0.2) is 0 Å². The number of carbonyl (C=O) groups is 1. The van der Waals surface area contributed by atoms with Crippen LogP contribution in [-0.2, 0) is 9.53 Å². The fraction of sp³-hybridized carbons (Fsp3) is 0.533. The van der Waals surface area contributed by atoms with E-state index in [1.165, 1.54) is 0 Å². The molecule has 1 aromatic carbocycles. The molecule has 0 fully saturated rings. The molecule has 0 aliphatic carbocycles. The summed E-state index contributed by atoms with van der Waals surface area (Å²) in [6, 6.07) is 3.84. The second-order valence-electron chi connectivity index (χ2n) is 4.59. The molecule has 0 radical (unpaired) electrons. The maximum atomic E-state index is 11.3. The normalized spacial score (nSPS) is 16.0. The highest BCUT2D eigenvalue weighted by Gasteiger charge is 2.28. The first kappa shape index (κ1) is 15.4. The van der Waals surface area contributed by atoms with Crippen molar-refractivity contribution in [1.29, 1.82) is 0 Å². The van der Waals surface area contributed by atoms with Crippen LogP contribution in [0.4, 0.5) is 0 Å². The molecule has 0 aromatic heterocycles. The van der Waals surface area contributed by atoms with Gasteiger partial charge in [-0.2, -0.15) is 0 Å². The summed E-state index contributed by atoms with van der Waals surface area (Å²) in [6.07, 6.45) is 0.340. The predicted octanol–water partition coefficient (Wildman–Crippen LogP) is 1.68. The Balaban J connectivity index is 2.00. The van der Waals surface area contributed by atoms with Gasteiger partial charge in [0.2, 0.25) is 5.75 Å². The Morgan fingerprint density at radius 1 is 1.38 bits per heavy atom. The van der Waals surface area contributed by atoms with E-state index in [1.54, 1.807) is 21.1 Å². The van der Waals surface area contributed by atoms with Crippen LogP contribution >= 0.6 is 0 Å². The number of esters is 1. The molecule has 1 aliphatic heterocycles. The number of carbonyl (C=O) groups excluding carboxylic acids is 1. The second kappa shape index (κ2) is 7.17. The van der Waals surface area contributed by atoms with Gasteiger partial charge in [0.15, 0.2) is 11.5 Å². The third-order valence-electron chi connectivity index (χ3n) is 3.33. The van der Waals surface area contributed by atoms with E-state index in [2.05, 4.69) is 5.32 Å². The molecule has 1 heterocycles. The molecule has 2 rings (SSSR count). The summed E-state index contributed by atoms with van der Waals surface area (Å²) in [4.78, 5) is 11.3. The van der Waals surface area contributed by atoms with E-state index in [-0.39, 0.29) is 12.0 Å². The first-order valence-corrected chi connectivity index (χ1v) is 6.97. The Morgan fingerprint density at radius 3 is 2.86 bits per heavy atom. The summed E-state index contributed by atoms with van der Waals surface area (Å²) in [5, 5.41) is 3.29. The summed E-state index contributed by atoms with van der Waals surface area (Å²) in [5.74, 6) is 1.75. The zero-order valence-corrected chi connectivity index (χ0v) is 12.6. The Bertz CT molecular complexity index is 503. The number of nitrogens with one attached hydrogen (secondary N) is 1. The highest BCUT2D eigenvalue weighted by molar-refractivity contribution is 5.69. The number of benzene rings is 1. The first-order valence-electron chi connectivity index (χ1n) is 6.97. The Kier molecular flexibility index (Phi) is 5.27. The molecule has 6 heteroatoms. The predicted molar refractivity (Wildman–Crippen MR) is 77.0 cm³/mol. The molecule has 21 heavy (non-hydrogen) atoms. The van der Waals surface area contributed by atoms with Crippen molar-refractivity contribution in [2.45, 2.75) is 19.4 Å². The van der Waals surface area contributed by atoms with Crippen LogP contribution in [0.25, 0.3) is 0 Å². The van der Waals surface area contributed by atoms with Crippen molar-refractivity contribution >= 4 is 5.97 Å². The highest BCUT2D eigenvalue weighted by atomic mass is 16.5. The molecule has 1 aromatic rings. The lowest BCUT2D eigenvalue weighted by Gasteiger charge is -2.13. The molecular formula is C15H21NO5. The third kappa shape index (κ3) is 3.39. The topological polar surface area (TPSA) is 66.0 Å². The van der Waals surface area contributed by atoms with E-state index < -0.39 is 0 Å². The van der Waals surface area contributed by atoms with E-state index >= 15 is 0 Å². The van der Waals surface area contributed by atoms with E-state index in [4.69, 9.17) is 18.9 Å². The molecule has 6 nitrogen and oxygen atoms in total. The monoisotopic (exact) mass is 295 g/mol. The van der Waals surface area contributed by atoms with Crippen LogP contribution in [0.2, 0.25) is 0 Å². The van der Waals surface area contributed by atoms with Gasteiger partial charge in [-0.3, -0.25) is 4.79 Å². The summed E-state index contributed by atoms with van der Waals surface area (Å²) < 4.78 is 21.2. The minimum atomic E-state index is -0.198. The summed E-state index contributed by atoms with van der Waals surface area (Å²) in [7, 11) is 3.18. The maximum absolute atomic E-state index is 11.3. The van der Waals surface area contributed by atoms with Gasteiger partial charge in [-0.15, -0.1) is 0 Å². The molecule has 1 atom stereocenters. The first-order chi connectivity index (χ1) is 10.2. The molecule has 1 N–H and O–H groups in total. The molecule has 1 unspecified atom stereocenters. The third-order valence-corrected chi connectivity index (χ3v) is 3.33. The molecule has 0 saturated carbocycles. The van der Waals surface area contributed by atoms with Gasteiger partial charge in [0.05, 0.1) is 33.3 Å². The van der Waals surface area contributed by atoms with Crippen LogP contribution < -0.4 is 19.5 Å². The molecular weight excluding hydrogens is 274 g/mol. The van der Waals surface area contributed by atoms with E-state index in [9.17, 15) is 4.79 Å². The molecule has 0 bridgehead atoms. The van der Waals surface area contributed by atoms with Crippen molar-refractivity contribution in [3.8, 4) is 17.2 Å². The number of hydrogen-bond acceptors (Lipinski definition) is 6. The second-order valence-corrected chi connectivity index (χ2v) is 4.59. The quantitative estimate of drug-likeness (QED) is 0.772. The smallest absolute Gasteiger partial charge is 0.307 e. The van der Waals surface area contributed by atoms with Crippen molar-refractivity contribution in [2.24, 2.45) is 0 Å². The van der Waals surface area contributed by atoms with Gasteiger partial charge in [0.25, 0.3) is 0 Å². The molecule has 0 saturated heterocycles. The average Bonchev–Trinajstić information content (AvgIpc) is 2.89. The minimum Gasteiger partial charge on any atom is -0.493 e. The molecule has 116 valence electrons. The number of ether oxygens (including phenoxy) is 4. The molecule has 0 spiro atoms. The van der Waals surface area contributed by atoms with Crippen LogP contribution in [0.5, 0.6) is 17.2 Å². The van der Waals surface area contributed by atoms with Gasteiger partial charge in [-0.05, 0) is 19.1 Å². The van der Waals surface area contributed by atoms with Crippen molar-refractivity contribution in [1.82, 2.24) is 5.32 Å². The lowest BCUT2D eigenvalue weighted by Crippen LogP contribution is -2.25. The van der Waals surface area contributed by atoms with Gasteiger partial charge in [0, 0.05) is 12.1 Å². The summed E-state index contributed by atoms with van der Waals surface area (Å²) >= 11 is 0. The van der Waals surface area contributed by atoms with E-state index in [1.807, 2.05) is 12.1 Å². The standard InChI is InChI=1S/C15H21NO5/c1-4-20-13(17)7-8-16-11-9-21-14-10(11)5-6-12(18-2)15(14)19-3/h5-6,11,16H,4,7-9H2,1-3H3. The Morgan fingerprint density at radius 2 is 2.19 bits per heavy atom. The van der Waals surface area contributed by atoms with E-state index in [0.717, 1.165) is 5.56 Å². The largest absolute Gasteiger partial charge is 0.493 e. The van der Waals surface area contributed by atoms with Crippen molar-refractivity contribution in [3.05, 3.63) is 17.7 Å². The van der Waals surface area contributed by atoms with Gasteiger partial charge in [0.1, 0.15) is 6.61 Å².